The molecule has 2 heterocycles. The number of furan rings is 2. The van der Waals surface area contributed by atoms with Crippen LogP contribution in [0.2, 0.25) is 5.02 Å². The topological polar surface area (TPSA) is 72.8 Å². The number of halogens is 2. The molecule has 1 atom stereocenters. The van der Waals surface area contributed by atoms with Gasteiger partial charge in [-0.1, -0.05) is 35.9 Å². The number of hydrogen-bond acceptors (Lipinski definition) is 5. The number of hydrogen-bond donors (Lipinski definition) is 1. The zero-order valence-corrected chi connectivity index (χ0v) is 16.1. The maximum absolute atomic E-state index is 13.4. The average molecular weight is 415 g/mol. The summed E-state index contributed by atoms with van der Waals surface area (Å²) in [7, 11) is 0. The molecule has 0 radical (unpaired) electrons. The van der Waals surface area contributed by atoms with E-state index in [0.29, 0.717) is 28.2 Å². The number of aliphatic hydroxyl groups excluding tert-OH is 1. The monoisotopic (exact) mass is 414 g/mol. The highest BCUT2D eigenvalue weighted by molar-refractivity contribution is 6.30. The van der Waals surface area contributed by atoms with E-state index in [1.807, 2.05) is 18.2 Å². The van der Waals surface area contributed by atoms with Crippen LogP contribution < -0.4 is 0 Å². The predicted molar refractivity (Wildman–Crippen MR) is 105 cm³/mol. The van der Waals surface area contributed by atoms with Gasteiger partial charge in [-0.25, -0.2) is 4.39 Å². The largest absolute Gasteiger partial charge is 0.461 e. The van der Waals surface area contributed by atoms with Crippen molar-refractivity contribution in [3.8, 4) is 11.5 Å². The lowest BCUT2D eigenvalue weighted by atomic mass is 10.1. The Balaban J connectivity index is 1.72. The van der Waals surface area contributed by atoms with Crippen molar-refractivity contribution in [2.45, 2.75) is 19.6 Å². The van der Waals surface area contributed by atoms with Crippen LogP contribution in [-0.4, -0.2) is 11.1 Å². The lowest BCUT2D eigenvalue weighted by molar-refractivity contribution is -0.142. The quantitative estimate of drug-likeness (QED) is 0.428. The molecule has 1 unspecified atom stereocenters. The number of carbonyl (C=O) groups is 1. The third-order valence-corrected chi connectivity index (χ3v) is 4.79. The van der Waals surface area contributed by atoms with E-state index in [0.717, 1.165) is 5.39 Å². The zero-order chi connectivity index (χ0) is 20.5. The lowest BCUT2D eigenvalue weighted by Gasteiger charge is -2.09. The Morgan fingerprint density at radius 1 is 1.17 bits per heavy atom. The van der Waals surface area contributed by atoms with E-state index in [1.54, 1.807) is 18.2 Å². The summed E-state index contributed by atoms with van der Waals surface area (Å²) in [6, 6.07) is 14.6. The molecule has 0 fully saturated rings. The van der Waals surface area contributed by atoms with Gasteiger partial charge in [-0.15, -0.1) is 0 Å². The Bertz CT molecular complexity index is 1190. The second-order valence-electron chi connectivity index (χ2n) is 6.46. The third-order valence-electron chi connectivity index (χ3n) is 4.50. The summed E-state index contributed by atoms with van der Waals surface area (Å²) < 4.78 is 30.3. The van der Waals surface area contributed by atoms with E-state index in [9.17, 15) is 14.3 Å². The number of rotatable bonds is 5. The van der Waals surface area contributed by atoms with Crippen molar-refractivity contribution in [3.63, 3.8) is 0 Å². The molecule has 0 saturated heterocycles. The molecule has 4 rings (SSSR count). The normalized spacial score (nSPS) is 12.3. The summed E-state index contributed by atoms with van der Waals surface area (Å²) >= 11 is 5.80. The number of benzene rings is 2. The number of para-hydroxylation sites is 1. The number of fused-ring (bicyclic) bond motifs is 1. The molecule has 29 heavy (non-hydrogen) atoms. The molecule has 4 aromatic rings. The van der Waals surface area contributed by atoms with Gasteiger partial charge in [0.15, 0.2) is 11.5 Å². The second-order valence-corrected chi connectivity index (χ2v) is 6.87. The minimum atomic E-state index is -1.14. The van der Waals surface area contributed by atoms with Crippen LogP contribution >= 0.6 is 11.6 Å². The first-order valence-corrected chi connectivity index (χ1v) is 9.18. The van der Waals surface area contributed by atoms with Crippen molar-refractivity contribution >= 4 is 28.5 Å². The van der Waals surface area contributed by atoms with E-state index in [-0.39, 0.29) is 17.4 Å². The molecule has 7 heteroatoms. The second kappa shape index (κ2) is 7.73. The van der Waals surface area contributed by atoms with Crippen molar-refractivity contribution in [3.05, 3.63) is 82.3 Å². The van der Waals surface area contributed by atoms with Gasteiger partial charge in [0.2, 0.25) is 0 Å². The SMILES string of the molecule is CC(=O)OCc1c(-c2ccc(C(O)c3ccc(F)c(Cl)c3)o2)oc2ccccc12. The van der Waals surface area contributed by atoms with Gasteiger partial charge < -0.3 is 18.7 Å². The van der Waals surface area contributed by atoms with Crippen LogP contribution in [0, 0.1) is 5.82 Å². The van der Waals surface area contributed by atoms with Crippen molar-refractivity contribution in [2.24, 2.45) is 0 Å². The standard InChI is InChI=1S/C22H16ClFO5/c1-12(25)27-11-15-14-4-2-3-5-18(14)29-22(15)20-9-8-19(28-20)21(26)13-6-7-17(24)16(23)10-13/h2-10,21,26H,11H2,1H3. The number of carbonyl (C=O) groups excluding carboxylic acids is 1. The van der Waals surface area contributed by atoms with Crippen LogP contribution in [0.25, 0.3) is 22.5 Å². The fraction of sp³-hybridized carbons (Fsp3) is 0.136. The van der Waals surface area contributed by atoms with Gasteiger partial charge in [-0.3, -0.25) is 4.79 Å². The minimum Gasteiger partial charge on any atom is -0.461 e. The summed E-state index contributed by atoms with van der Waals surface area (Å²) in [5, 5.41) is 11.3. The molecule has 2 aromatic carbocycles. The van der Waals surface area contributed by atoms with Gasteiger partial charge in [0.25, 0.3) is 0 Å². The Kier molecular flexibility index (Phi) is 5.13. The summed E-state index contributed by atoms with van der Waals surface area (Å²) in [5.41, 5.74) is 1.67. The molecule has 0 aliphatic heterocycles. The van der Waals surface area contributed by atoms with Crippen molar-refractivity contribution in [1.82, 2.24) is 0 Å². The lowest BCUT2D eigenvalue weighted by Crippen LogP contribution is -1.99. The zero-order valence-electron chi connectivity index (χ0n) is 15.3. The van der Waals surface area contributed by atoms with Gasteiger partial charge >= 0.3 is 5.97 Å². The molecule has 0 aliphatic rings. The fourth-order valence-electron chi connectivity index (χ4n) is 3.08. The van der Waals surface area contributed by atoms with Crippen LogP contribution in [-0.2, 0) is 16.1 Å². The van der Waals surface area contributed by atoms with Gasteiger partial charge in [0, 0.05) is 17.9 Å². The maximum Gasteiger partial charge on any atom is 0.302 e. The van der Waals surface area contributed by atoms with E-state index in [4.69, 9.17) is 25.2 Å². The average Bonchev–Trinajstić information content (AvgIpc) is 3.32. The molecule has 148 valence electrons. The summed E-state index contributed by atoms with van der Waals surface area (Å²) in [5.74, 6) is 0.0281. The van der Waals surface area contributed by atoms with Crippen molar-refractivity contribution in [2.75, 3.05) is 0 Å². The van der Waals surface area contributed by atoms with Gasteiger partial charge in [0.1, 0.15) is 29.9 Å². The van der Waals surface area contributed by atoms with Crippen molar-refractivity contribution in [1.29, 1.82) is 0 Å². The Morgan fingerprint density at radius 2 is 1.97 bits per heavy atom. The third kappa shape index (κ3) is 3.77. The molecule has 0 amide bonds. The number of aliphatic hydroxyl groups is 1. The molecule has 0 aliphatic carbocycles. The van der Waals surface area contributed by atoms with E-state index in [1.165, 1.54) is 25.1 Å². The summed E-state index contributed by atoms with van der Waals surface area (Å²) in [4.78, 5) is 11.3. The Morgan fingerprint density at radius 3 is 2.72 bits per heavy atom. The summed E-state index contributed by atoms with van der Waals surface area (Å²) in [6.07, 6.45) is -1.14. The molecule has 2 aromatic heterocycles. The highest BCUT2D eigenvalue weighted by atomic mass is 35.5. The van der Waals surface area contributed by atoms with Crippen LogP contribution in [0.4, 0.5) is 4.39 Å². The van der Waals surface area contributed by atoms with Crippen LogP contribution in [0.5, 0.6) is 0 Å². The highest BCUT2D eigenvalue weighted by Crippen LogP contribution is 2.37. The predicted octanol–water partition coefficient (Wildman–Crippen LogP) is 5.63. The molecule has 0 spiro atoms. The van der Waals surface area contributed by atoms with E-state index < -0.39 is 17.9 Å². The molecular formula is C22H16ClFO5. The first kappa shape index (κ1) is 19.2. The fourth-order valence-corrected chi connectivity index (χ4v) is 3.27. The molecule has 5 nitrogen and oxygen atoms in total. The molecule has 0 bridgehead atoms. The maximum atomic E-state index is 13.4. The van der Waals surface area contributed by atoms with Crippen LogP contribution in [0.1, 0.15) is 29.9 Å². The van der Waals surface area contributed by atoms with Crippen LogP contribution in [0.15, 0.2) is 63.4 Å². The molecule has 1 N–H and O–H groups in total. The molecule has 0 saturated carbocycles. The van der Waals surface area contributed by atoms with Crippen LogP contribution in [0.3, 0.4) is 0 Å². The van der Waals surface area contributed by atoms with Gasteiger partial charge in [-0.2, -0.15) is 0 Å². The van der Waals surface area contributed by atoms with E-state index in [2.05, 4.69) is 0 Å². The van der Waals surface area contributed by atoms with Gasteiger partial charge in [0.05, 0.1) is 5.02 Å². The Labute approximate surface area is 170 Å². The highest BCUT2D eigenvalue weighted by Gasteiger charge is 2.22. The number of esters is 1. The first-order valence-electron chi connectivity index (χ1n) is 8.81. The minimum absolute atomic E-state index is 0.0217. The molecular weight excluding hydrogens is 399 g/mol. The Hall–Kier alpha value is -3.09. The summed E-state index contributed by atoms with van der Waals surface area (Å²) in [6.45, 7) is 1.35. The smallest absolute Gasteiger partial charge is 0.302 e. The number of ether oxygens (including phenoxy) is 1. The van der Waals surface area contributed by atoms with Gasteiger partial charge in [-0.05, 0) is 35.9 Å². The van der Waals surface area contributed by atoms with Crippen molar-refractivity contribution < 1.29 is 27.9 Å². The first-order chi connectivity index (χ1) is 13.9. The van der Waals surface area contributed by atoms with E-state index >= 15 is 0 Å².